The fourth-order valence-electron chi connectivity index (χ4n) is 2.13. The molecule has 1 atom stereocenters. The third-order valence-electron chi connectivity index (χ3n) is 3.07. The van der Waals surface area contributed by atoms with Gasteiger partial charge in [-0.25, -0.2) is 8.78 Å². The minimum Gasteiger partial charge on any atom is -0.310 e. The van der Waals surface area contributed by atoms with Crippen molar-refractivity contribution in [2.75, 3.05) is 6.54 Å². The summed E-state index contributed by atoms with van der Waals surface area (Å²) in [6.45, 7) is 2.84. The highest BCUT2D eigenvalue weighted by molar-refractivity contribution is 5.23. The lowest BCUT2D eigenvalue weighted by Gasteiger charge is -2.19. The Morgan fingerprint density at radius 1 is 1.15 bits per heavy atom. The highest BCUT2D eigenvalue weighted by Gasteiger charge is 2.14. The zero-order valence-corrected chi connectivity index (χ0v) is 11.4. The van der Waals surface area contributed by atoms with Crippen LogP contribution in [0.1, 0.15) is 30.6 Å². The average molecular weight is 276 g/mol. The third-order valence-corrected chi connectivity index (χ3v) is 3.07. The van der Waals surface area contributed by atoms with Crippen LogP contribution in [-0.4, -0.2) is 11.5 Å². The van der Waals surface area contributed by atoms with Crippen LogP contribution in [0.4, 0.5) is 8.78 Å². The van der Waals surface area contributed by atoms with Gasteiger partial charge in [0.25, 0.3) is 0 Å². The maximum atomic E-state index is 13.4. The number of halogens is 2. The molecular weight excluding hydrogens is 258 g/mol. The summed E-state index contributed by atoms with van der Waals surface area (Å²) in [6, 6.07) is 9.16. The van der Waals surface area contributed by atoms with Crippen molar-refractivity contribution >= 4 is 0 Å². The Morgan fingerprint density at radius 3 is 2.50 bits per heavy atom. The van der Waals surface area contributed by atoms with Crippen LogP contribution in [0, 0.1) is 11.6 Å². The molecule has 1 heterocycles. The Morgan fingerprint density at radius 2 is 1.90 bits per heavy atom. The number of aromatic nitrogens is 1. The normalized spacial score (nSPS) is 12.3. The predicted molar refractivity (Wildman–Crippen MR) is 75.3 cm³/mol. The van der Waals surface area contributed by atoms with E-state index >= 15 is 0 Å². The van der Waals surface area contributed by atoms with Crippen LogP contribution in [0.3, 0.4) is 0 Å². The summed E-state index contributed by atoms with van der Waals surface area (Å²) in [6.07, 6.45) is 3.28. The van der Waals surface area contributed by atoms with Gasteiger partial charge in [0.1, 0.15) is 11.6 Å². The molecule has 0 saturated carbocycles. The molecule has 4 heteroatoms. The molecule has 0 radical (unpaired) electrons. The van der Waals surface area contributed by atoms with E-state index in [0.717, 1.165) is 24.7 Å². The summed E-state index contributed by atoms with van der Waals surface area (Å²) in [5, 5.41) is 3.32. The number of benzene rings is 1. The lowest BCUT2D eigenvalue weighted by Crippen LogP contribution is -2.24. The third kappa shape index (κ3) is 4.10. The second-order valence-corrected chi connectivity index (χ2v) is 4.73. The van der Waals surface area contributed by atoms with Gasteiger partial charge in [-0.3, -0.25) is 4.98 Å². The Bertz CT molecular complexity index is 523. The summed E-state index contributed by atoms with van der Waals surface area (Å²) in [5.41, 5.74) is 1.51. The van der Waals surface area contributed by atoms with Gasteiger partial charge in [0.15, 0.2) is 0 Å². The molecule has 0 bridgehead atoms. The molecule has 0 fully saturated rings. The van der Waals surface area contributed by atoms with Crippen LogP contribution in [-0.2, 0) is 6.42 Å². The molecule has 0 aliphatic carbocycles. The first kappa shape index (κ1) is 14.6. The van der Waals surface area contributed by atoms with Gasteiger partial charge in [-0.15, -0.1) is 0 Å². The summed E-state index contributed by atoms with van der Waals surface area (Å²) in [7, 11) is 0. The predicted octanol–water partition coefficient (Wildman–Crippen LogP) is 3.64. The monoisotopic (exact) mass is 276 g/mol. The maximum Gasteiger partial charge on any atom is 0.126 e. The standard InChI is InChI=1S/C16H18F2N2/c1-2-6-20-16(11-15-5-3-4-7-19-15)12-8-13(17)10-14(18)9-12/h3-5,7-10,16,20H,2,6,11H2,1H3. The number of rotatable bonds is 6. The molecule has 0 aliphatic heterocycles. The van der Waals surface area contributed by atoms with Gasteiger partial charge in [-0.05, 0) is 42.8 Å². The number of hydrogen-bond donors (Lipinski definition) is 1. The summed E-state index contributed by atoms with van der Waals surface area (Å²) >= 11 is 0. The lowest BCUT2D eigenvalue weighted by atomic mass is 10.0. The molecule has 2 nitrogen and oxygen atoms in total. The van der Waals surface area contributed by atoms with E-state index in [2.05, 4.69) is 17.2 Å². The second kappa shape index (κ2) is 7.10. The Kier molecular flexibility index (Phi) is 5.18. The van der Waals surface area contributed by atoms with E-state index in [1.807, 2.05) is 18.2 Å². The SMILES string of the molecule is CCCNC(Cc1ccccn1)c1cc(F)cc(F)c1. The summed E-state index contributed by atoms with van der Waals surface area (Å²) < 4.78 is 26.7. The van der Waals surface area contributed by atoms with E-state index < -0.39 is 11.6 Å². The molecule has 1 N–H and O–H groups in total. The fourth-order valence-corrected chi connectivity index (χ4v) is 2.13. The van der Waals surface area contributed by atoms with Gasteiger partial charge in [-0.1, -0.05) is 13.0 Å². The molecule has 2 aromatic rings. The van der Waals surface area contributed by atoms with E-state index in [1.54, 1.807) is 6.20 Å². The molecule has 20 heavy (non-hydrogen) atoms. The van der Waals surface area contributed by atoms with Crippen LogP contribution in [0.25, 0.3) is 0 Å². The van der Waals surface area contributed by atoms with Crippen LogP contribution in [0.15, 0.2) is 42.6 Å². The van der Waals surface area contributed by atoms with Crippen LogP contribution in [0.2, 0.25) is 0 Å². The molecule has 1 unspecified atom stereocenters. The van der Waals surface area contributed by atoms with Gasteiger partial charge in [0.2, 0.25) is 0 Å². The molecule has 0 spiro atoms. The van der Waals surface area contributed by atoms with E-state index in [-0.39, 0.29) is 6.04 Å². The average Bonchev–Trinajstić information content (AvgIpc) is 2.43. The van der Waals surface area contributed by atoms with Crippen LogP contribution < -0.4 is 5.32 Å². The largest absolute Gasteiger partial charge is 0.310 e. The second-order valence-electron chi connectivity index (χ2n) is 4.73. The van der Waals surface area contributed by atoms with Gasteiger partial charge in [0.05, 0.1) is 0 Å². The van der Waals surface area contributed by atoms with Crippen molar-refractivity contribution in [2.24, 2.45) is 0 Å². The lowest BCUT2D eigenvalue weighted by molar-refractivity contribution is 0.511. The van der Waals surface area contributed by atoms with Crippen molar-refractivity contribution in [1.82, 2.24) is 10.3 Å². The fraction of sp³-hybridized carbons (Fsp3) is 0.312. The van der Waals surface area contributed by atoms with Crippen molar-refractivity contribution in [3.8, 4) is 0 Å². The Hall–Kier alpha value is -1.81. The highest BCUT2D eigenvalue weighted by atomic mass is 19.1. The first-order chi connectivity index (χ1) is 9.69. The zero-order valence-electron chi connectivity index (χ0n) is 11.4. The van der Waals surface area contributed by atoms with Gasteiger partial charge >= 0.3 is 0 Å². The topological polar surface area (TPSA) is 24.9 Å². The van der Waals surface area contributed by atoms with Gasteiger partial charge in [-0.2, -0.15) is 0 Å². The molecule has 1 aromatic heterocycles. The molecule has 0 saturated heterocycles. The first-order valence-corrected chi connectivity index (χ1v) is 6.78. The Balaban J connectivity index is 2.22. The molecule has 106 valence electrons. The van der Waals surface area contributed by atoms with Gasteiger partial charge in [0, 0.05) is 30.4 Å². The number of pyridine rings is 1. The highest BCUT2D eigenvalue weighted by Crippen LogP contribution is 2.20. The first-order valence-electron chi connectivity index (χ1n) is 6.78. The van der Waals surface area contributed by atoms with Gasteiger partial charge < -0.3 is 5.32 Å². The summed E-state index contributed by atoms with van der Waals surface area (Å²) in [5.74, 6) is -1.10. The number of nitrogens with zero attached hydrogens (tertiary/aromatic N) is 1. The van der Waals surface area contributed by atoms with E-state index in [0.29, 0.717) is 12.0 Å². The van der Waals surface area contributed by atoms with E-state index in [1.165, 1.54) is 12.1 Å². The van der Waals surface area contributed by atoms with Crippen molar-refractivity contribution < 1.29 is 8.78 Å². The van der Waals surface area contributed by atoms with E-state index in [4.69, 9.17) is 0 Å². The smallest absolute Gasteiger partial charge is 0.126 e. The molecule has 1 aromatic carbocycles. The van der Waals surface area contributed by atoms with Crippen LogP contribution in [0.5, 0.6) is 0 Å². The van der Waals surface area contributed by atoms with Crippen molar-refractivity contribution in [2.45, 2.75) is 25.8 Å². The quantitative estimate of drug-likeness (QED) is 0.871. The Labute approximate surface area is 117 Å². The van der Waals surface area contributed by atoms with Crippen molar-refractivity contribution in [1.29, 1.82) is 0 Å². The molecule has 2 rings (SSSR count). The summed E-state index contributed by atoms with van der Waals surface area (Å²) in [4.78, 5) is 4.27. The zero-order chi connectivity index (χ0) is 14.4. The van der Waals surface area contributed by atoms with Crippen molar-refractivity contribution in [3.05, 3.63) is 65.5 Å². The van der Waals surface area contributed by atoms with E-state index in [9.17, 15) is 8.78 Å². The minimum absolute atomic E-state index is 0.143. The minimum atomic E-state index is -0.552. The van der Waals surface area contributed by atoms with Crippen molar-refractivity contribution in [3.63, 3.8) is 0 Å². The number of hydrogen-bond acceptors (Lipinski definition) is 2. The molecule has 0 amide bonds. The molecular formula is C16H18F2N2. The van der Waals surface area contributed by atoms with Crippen LogP contribution >= 0.6 is 0 Å². The number of nitrogens with one attached hydrogen (secondary N) is 1. The maximum absolute atomic E-state index is 13.4. The molecule has 0 aliphatic rings.